The zero-order chi connectivity index (χ0) is 11.4. The van der Waals surface area contributed by atoms with Crippen molar-refractivity contribution in [1.29, 1.82) is 0 Å². The molecule has 0 spiro atoms. The van der Waals surface area contributed by atoms with Crippen LogP contribution in [-0.4, -0.2) is 38.9 Å². The van der Waals surface area contributed by atoms with Gasteiger partial charge in [0.05, 0.1) is 13.2 Å². The molecule has 0 aromatic heterocycles. The molecule has 0 heterocycles. The number of rotatable bonds is 10. The molecule has 0 aliphatic heterocycles. The SMILES string of the molecule is C=CCCOCCNC(=O)COCCC. The van der Waals surface area contributed by atoms with Crippen molar-refractivity contribution < 1.29 is 14.3 Å². The van der Waals surface area contributed by atoms with Gasteiger partial charge in [0.1, 0.15) is 6.61 Å². The first-order valence-corrected chi connectivity index (χ1v) is 5.34. The van der Waals surface area contributed by atoms with Gasteiger partial charge in [-0.25, -0.2) is 0 Å². The van der Waals surface area contributed by atoms with Crippen LogP contribution in [0.2, 0.25) is 0 Å². The number of nitrogens with one attached hydrogen (secondary N) is 1. The summed E-state index contributed by atoms with van der Waals surface area (Å²) in [6.07, 6.45) is 3.57. The van der Waals surface area contributed by atoms with Gasteiger partial charge in [0.2, 0.25) is 5.91 Å². The van der Waals surface area contributed by atoms with Crippen molar-refractivity contribution in [2.75, 3.05) is 33.0 Å². The Morgan fingerprint density at radius 1 is 1.33 bits per heavy atom. The fourth-order valence-corrected chi connectivity index (χ4v) is 0.892. The molecule has 0 aromatic rings. The Kier molecular flexibility index (Phi) is 10.6. The van der Waals surface area contributed by atoms with E-state index >= 15 is 0 Å². The zero-order valence-corrected chi connectivity index (χ0v) is 9.46. The number of hydrogen-bond donors (Lipinski definition) is 1. The van der Waals surface area contributed by atoms with E-state index in [-0.39, 0.29) is 12.5 Å². The lowest BCUT2D eigenvalue weighted by Gasteiger charge is -2.05. The smallest absolute Gasteiger partial charge is 0.246 e. The van der Waals surface area contributed by atoms with Crippen LogP contribution in [0.4, 0.5) is 0 Å². The van der Waals surface area contributed by atoms with Gasteiger partial charge in [-0.15, -0.1) is 6.58 Å². The molecule has 0 aromatic carbocycles. The van der Waals surface area contributed by atoms with Gasteiger partial charge in [-0.05, 0) is 12.8 Å². The standard InChI is InChI=1S/C11H21NO3/c1-3-5-8-14-9-6-12-11(13)10-15-7-4-2/h3H,1,4-10H2,2H3,(H,12,13). The first-order valence-electron chi connectivity index (χ1n) is 5.34. The molecule has 1 amide bonds. The molecule has 0 aliphatic rings. The summed E-state index contributed by atoms with van der Waals surface area (Å²) in [5.74, 6) is -0.0872. The summed E-state index contributed by atoms with van der Waals surface area (Å²) in [6, 6.07) is 0. The third kappa shape index (κ3) is 11.1. The van der Waals surface area contributed by atoms with Crippen molar-refractivity contribution in [3.05, 3.63) is 12.7 Å². The van der Waals surface area contributed by atoms with E-state index in [9.17, 15) is 4.79 Å². The van der Waals surface area contributed by atoms with E-state index in [1.54, 1.807) is 6.08 Å². The second-order valence-electron chi connectivity index (χ2n) is 3.09. The van der Waals surface area contributed by atoms with Gasteiger partial charge in [0.15, 0.2) is 0 Å². The highest BCUT2D eigenvalue weighted by molar-refractivity contribution is 5.77. The van der Waals surface area contributed by atoms with Gasteiger partial charge in [-0.3, -0.25) is 4.79 Å². The van der Waals surface area contributed by atoms with Crippen LogP contribution >= 0.6 is 0 Å². The highest BCUT2D eigenvalue weighted by Gasteiger charge is 1.99. The first-order chi connectivity index (χ1) is 7.31. The Morgan fingerprint density at radius 3 is 2.80 bits per heavy atom. The molecule has 88 valence electrons. The summed E-state index contributed by atoms with van der Waals surface area (Å²) < 4.78 is 10.3. The van der Waals surface area contributed by atoms with E-state index in [1.165, 1.54) is 0 Å². The van der Waals surface area contributed by atoms with Crippen molar-refractivity contribution in [2.24, 2.45) is 0 Å². The Balaban J connectivity index is 3.13. The molecule has 0 rings (SSSR count). The van der Waals surface area contributed by atoms with Gasteiger partial charge in [-0.2, -0.15) is 0 Å². The lowest BCUT2D eigenvalue weighted by Crippen LogP contribution is -2.30. The highest BCUT2D eigenvalue weighted by atomic mass is 16.5. The van der Waals surface area contributed by atoms with Crippen molar-refractivity contribution in [3.63, 3.8) is 0 Å². The average molecular weight is 215 g/mol. The van der Waals surface area contributed by atoms with Crippen molar-refractivity contribution >= 4 is 5.91 Å². The number of ether oxygens (including phenoxy) is 2. The van der Waals surface area contributed by atoms with Crippen LogP contribution in [0.1, 0.15) is 19.8 Å². The Bertz CT molecular complexity index is 171. The molecule has 1 N–H and O–H groups in total. The normalized spacial score (nSPS) is 9.93. The lowest BCUT2D eigenvalue weighted by molar-refractivity contribution is -0.125. The van der Waals surface area contributed by atoms with Gasteiger partial charge in [-0.1, -0.05) is 13.0 Å². The topological polar surface area (TPSA) is 47.6 Å². The van der Waals surface area contributed by atoms with Gasteiger partial charge < -0.3 is 14.8 Å². The predicted octanol–water partition coefficient (Wildman–Crippen LogP) is 1.12. The minimum Gasteiger partial charge on any atom is -0.379 e. The molecule has 0 saturated carbocycles. The molecule has 0 radical (unpaired) electrons. The summed E-state index contributed by atoms with van der Waals surface area (Å²) in [5, 5.41) is 2.70. The fraction of sp³-hybridized carbons (Fsp3) is 0.727. The maximum absolute atomic E-state index is 11.1. The molecule has 0 atom stereocenters. The Hall–Kier alpha value is -0.870. The summed E-state index contributed by atoms with van der Waals surface area (Å²) in [7, 11) is 0. The molecule has 0 saturated heterocycles. The number of carbonyl (C=O) groups is 1. The molecule has 0 aliphatic carbocycles. The van der Waals surface area contributed by atoms with Crippen LogP contribution in [0.5, 0.6) is 0 Å². The summed E-state index contributed by atoms with van der Waals surface area (Å²) in [6.45, 7) is 8.08. The van der Waals surface area contributed by atoms with Crippen LogP contribution in [0.15, 0.2) is 12.7 Å². The maximum Gasteiger partial charge on any atom is 0.246 e. The van der Waals surface area contributed by atoms with Gasteiger partial charge >= 0.3 is 0 Å². The number of carbonyl (C=O) groups excluding carboxylic acids is 1. The van der Waals surface area contributed by atoms with E-state index in [0.717, 1.165) is 12.8 Å². The number of amides is 1. The summed E-state index contributed by atoms with van der Waals surface area (Å²) in [4.78, 5) is 11.1. The molecular weight excluding hydrogens is 194 g/mol. The third-order valence-electron chi connectivity index (χ3n) is 1.62. The summed E-state index contributed by atoms with van der Waals surface area (Å²) in [5.41, 5.74) is 0. The van der Waals surface area contributed by atoms with Crippen LogP contribution in [0.25, 0.3) is 0 Å². The van der Waals surface area contributed by atoms with Crippen LogP contribution in [0.3, 0.4) is 0 Å². The van der Waals surface area contributed by atoms with E-state index in [0.29, 0.717) is 26.4 Å². The predicted molar refractivity (Wildman–Crippen MR) is 59.8 cm³/mol. The van der Waals surface area contributed by atoms with Crippen LogP contribution < -0.4 is 5.32 Å². The average Bonchev–Trinajstić information content (AvgIpc) is 2.23. The fourth-order valence-electron chi connectivity index (χ4n) is 0.892. The first kappa shape index (κ1) is 14.1. The van der Waals surface area contributed by atoms with E-state index in [1.807, 2.05) is 6.92 Å². The van der Waals surface area contributed by atoms with Crippen molar-refractivity contribution in [1.82, 2.24) is 5.32 Å². The number of hydrogen-bond acceptors (Lipinski definition) is 3. The molecule has 0 unspecified atom stereocenters. The minimum absolute atomic E-state index is 0.0872. The second-order valence-corrected chi connectivity index (χ2v) is 3.09. The van der Waals surface area contributed by atoms with Gasteiger partial charge in [0, 0.05) is 13.2 Å². The van der Waals surface area contributed by atoms with Crippen LogP contribution in [-0.2, 0) is 14.3 Å². The Labute approximate surface area is 91.6 Å². The molecule has 4 heteroatoms. The van der Waals surface area contributed by atoms with Crippen LogP contribution in [0, 0.1) is 0 Å². The highest BCUT2D eigenvalue weighted by Crippen LogP contribution is 1.82. The molecule has 15 heavy (non-hydrogen) atoms. The third-order valence-corrected chi connectivity index (χ3v) is 1.62. The quantitative estimate of drug-likeness (QED) is 0.439. The largest absolute Gasteiger partial charge is 0.379 e. The Morgan fingerprint density at radius 2 is 2.13 bits per heavy atom. The van der Waals surface area contributed by atoms with E-state index in [4.69, 9.17) is 9.47 Å². The minimum atomic E-state index is -0.0872. The molecule has 4 nitrogen and oxygen atoms in total. The second kappa shape index (κ2) is 11.2. The molecular formula is C11H21NO3. The van der Waals surface area contributed by atoms with Gasteiger partial charge in [0.25, 0.3) is 0 Å². The monoisotopic (exact) mass is 215 g/mol. The molecule has 0 bridgehead atoms. The maximum atomic E-state index is 11.1. The molecule has 0 fully saturated rings. The van der Waals surface area contributed by atoms with Crippen molar-refractivity contribution in [3.8, 4) is 0 Å². The van der Waals surface area contributed by atoms with E-state index < -0.39 is 0 Å². The lowest BCUT2D eigenvalue weighted by atomic mass is 10.4. The zero-order valence-electron chi connectivity index (χ0n) is 9.46. The summed E-state index contributed by atoms with van der Waals surface area (Å²) >= 11 is 0. The van der Waals surface area contributed by atoms with E-state index in [2.05, 4.69) is 11.9 Å². The van der Waals surface area contributed by atoms with Crippen molar-refractivity contribution in [2.45, 2.75) is 19.8 Å².